The first kappa shape index (κ1) is 12.4. The van der Waals surface area contributed by atoms with Gasteiger partial charge in [-0.05, 0) is 30.7 Å². The van der Waals surface area contributed by atoms with Gasteiger partial charge in [0.1, 0.15) is 0 Å². The van der Waals surface area contributed by atoms with Crippen molar-refractivity contribution in [1.29, 1.82) is 0 Å². The van der Waals surface area contributed by atoms with Gasteiger partial charge in [-0.2, -0.15) is 0 Å². The summed E-state index contributed by atoms with van der Waals surface area (Å²) in [5.41, 5.74) is 13.0. The van der Waals surface area contributed by atoms with E-state index < -0.39 is 0 Å². The van der Waals surface area contributed by atoms with E-state index in [1.54, 1.807) is 11.8 Å². The Bertz CT molecular complexity index is 305. The number of aryl methyl sites for hydroxylation is 1. The van der Waals surface area contributed by atoms with Crippen molar-refractivity contribution >= 4 is 17.4 Å². The highest BCUT2D eigenvalue weighted by Crippen LogP contribution is 2.22. The van der Waals surface area contributed by atoms with E-state index in [0.29, 0.717) is 13.2 Å². The van der Waals surface area contributed by atoms with Crippen molar-refractivity contribution in [3.8, 4) is 0 Å². The molecule has 0 radical (unpaired) electrons. The highest BCUT2D eigenvalue weighted by atomic mass is 32.2. The fraction of sp³-hybridized carbons (Fsp3) is 0.455. The largest absolute Gasteiger partial charge is 0.399 e. The number of thioether (sulfide) groups is 1. The zero-order chi connectivity index (χ0) is 11.1. The molecule has 0 saturated heterocycles. The number of hydrogen-bond acceptors (Lipinski definition) is 4. The SMILES string of the molecule is Cc1cc(SCCOCCN)ccc1N. The van der Waals surface area contributed by atoms with Crippen molar-refractivity contribution in [2.75, 3.05) is 31.2 Å². The van der Waals surface area contributed by atoms with Crippen molar-refractivity contribution in [1.82, 2.24) is 0 Å². The monoisotopic (exact) mass is 226 g/mol. The quantitative estimate of drug-likeness (QED) is 0.440. The van der Waals surface area contributed by atoms with E-state index in [2.05, 4.69) is 6.07 Å². The number of nitrogens with two attached hydrogens (primary N) is 2. The molecule has 1 rings (SSSR count). The number of nitrogen functional groups attached to an aromatic ring is 1. The maximum absolute atomic E-state index is 5.74. The van der Waals surface area contributed by atoms with Crippen LogP contribution in [0.2, 0.25) is 0 Å². The molecule has 4 heteroatoms. The van der Waals surface area contributed by atoms with Gasteiger partial charge in [-0.25, -0.2) is 0 Å². The van der Waals surface area contributed by atoms with Gasteiger partial charge in [-0.15, -0.1) is 11.8 Å². The van der Waals surface area contributed by atoms with Gasteiger partial charge in [-0.1, -0.05) is 0 Å². The zero-order valence-corrected chi connectivity index (χ0v) is 9.85. The van der Waals surface area contributed by atoms with Crippen LogP contribution in [0.5, 0.6) is 0 Å². The smallest absolute Gasteiger partial charge is 0.0589 e. The van der Waals surface area contributed by atoms with Crippen molar-refractivity contribution in [3.63, 3.8) is 0 Å². The lowest BCUT2D eigenvalue weighted by Crippen LogP contribution is -2.09. The minimum Gasteiger partial charge on any atom is -0.399 e. The molecule has 1 aromatic rings. The summed E-state index contributed by atoms with van der Waals surface area (Å²) in [5.74, 6) is 0.948. The molecular formula is C11H18N2OS. The summed E-state index contributed by atoms with van der Waals surface area (Å²) in [5, 5.41) is 0. The van der Waals surface area contributed by atoms with Gasteiger partial charge in [0, 0.05) is 22.9 Å². The van der Waals surface area contributed by atoms with Gasteiger partial charge >= 0.3 is 0 Å². The van der Waals surface area contributed by atoms with Gasteiger partial charge in [0.25, 0.3) is 0 Å². The fourth-order valence-electron chi connectivity index (χ4n) is 1.14. The van der Waals surface area contributed by atoms with E-state index in [1.165, 1.54) is 4.90 Å². The molecule has 15 heavy (non-hydrogen) atoms. The van der Waals surface area contributed by atoms with Gasteiger partial charge in [-0.3, -0.25) is 0 Å². The van der Waals surface area contributed by atoms with Gasteiger partial charge < -0.3 is 16.2 Å². The normalized spacial score (nSPS) is 10.5. The van der Waals surface area contributed by atoms with Crippen LogP contribution in [-0.2, 0) is 4.74 Å². The van der Waals surface area contributed by atoms with Crippen LogP contribution in [-0.4, -0.2) is 25.5 Å². The molecular weight excluding hydrogens is 208 g/mol. The average molecular weight is 226 g/mol. The molecule has 0 heterocycles. The molecule has 0 spiro atoms. The molecule has 0 bridgehead atoms. The molecule has 84 valence electrons. The maximum atomic E-state index is 5.74. The average Bonchev–Trinajstić information content (AvgIpc) is 2.23. The zero-order valence-electron chi connectivity index (χ0n) is 9.03. The molecule has 0 aromatic heterocycles. The number of hydrogen-bond donors (Lipinski definition) is 2. The topological polar surface area (TPSA) is 61.3 Å². The first-order valence-corrected chi connectivity index (χ1v) is 5.99. The van der Waals surface area contributed by atoms with E-state index in [9.17, 15) is 0 Å². The lowest BCUT2D eigenvalue weighted by Gasteiger charge is -2.05. The lowest BCUT2D eigenvalue weighted by atomic mass is 10.2. The Hall–Kier alpha value is -0.710. The summed E-state index contributed by atoms with van der Waals surface area (Å²) in [7, 11) is 0. The molecule has 0 aliphatic carbocycles. The Morgan fingerprint density at radius 3 is 2.80 bits per heavy atom. The summed E-state index contributed by atoms with van der Waals surface area (Å²) in [6, 6.07) is 6.08. The molecule has 0 unspecified atom stereocenters. The standard InChI is InChI=1S/C11H18N2OS/c1-9-8-10(2-3-11(9)13)15-7-6-14-5-4-12/h2-3,8H,4-7,12-13H2,1H3. The number of benzene rings is 1. The minimum atomic E-state index is 0.589. The number of ether oxygens (including phenoxy) is 1. The van der Waals surface area contributed by atoms with Crippen molar-refractivity contribution in [2.24, 2.45) is 5.73 Å². The molecule has 0 atom stereocenters. The first-order chi connectivity index (χ1) is 7.24. The van der Waals surface area contributed by atoms with Gasteiger partial charge in [0.05, 0.1) is 13.2 Å². The third-order valence-corrected chi connectivity index (χ3v) is 2.96. The van der Waals surface area contributed by atoms with Crippen molar-refractivity contribution in [3.05, 3.63) is 23.8 Å². The Kier molecular flexibility index (Phi) is 5.53. The van der Waals surface area contributed by atoms with Crippen LogP contribution in [0.3, 0.4) is 0 Å². The molecule has 3 nitrogen and oxygen atoms in total. The lowest BCUT2D eigenvalue weighted by molar-refractivity contribution is 0.158. The highest BCUT2D eigenvalue weighted by molar-refractivity contribution is 7.99. The number of rotatable bonds is 6. The Morgan fingerprint density at radius 2 is 2.13 bits per heavy atom. The third-order valence-electron chi connectivity index (χ3n) is 2.00. The van der Waals surface area contributed by atoms with Gasteiger partial charge in [0.2, 0.25) is 0 Å². The second-order valence-electron chi connectivity index (χ2n) is 3.27. The summed E-state index contributed by atoms with van der Waals surface area (Å²) in [6.07, 6.45) is 0. The van der Waals surface area contributed by atoms with Crippen LogP contribution in [0.15, 0.2) is 23.1 Å². The van der Waals surface area contributed by atoms with Crippen LogP contribution < -0.4 is 11.5 Å². The van der Waals surface area contributed by atoms with Gasteiger partial charge in [0.15, 0.2) is 0 Å². The molecule has 0 amide bonds. The van der Waals surface area contributed by atoms with E-state index in [-0.39, 0.29) is 0 Å². The van der Waals surface area contributed by atoms with E-state index in [0.717, 1.165) is 23.6 Å². The molecule has 1 aromatic carbocycles. The van der Waals surface area contributed by atoms with E-state index in [4.69, 9.17) is 16.2 Å². The molecule has 0 fully saturated rings. The summed E-state index contributed by atoms with van der Waals surface area (Å²) >= 11 is 1.77. The summed E-state index contributed by atoms with van der Waals surface area (Å²) < 4.78 is 5.29. The van der Waals surface area contributed by atoms with Crippen molar-refractivity contribution < 1.29 is 4.74 Å². The molecule has 0 aliphatic rings. The predicted octanol–water partition coefficient (Wildman–Crippen LogP) is 1.64. The second-order valence-corrected chi connectivity index (χ2v) is 4.44. The predicted molar refractivity (Wildman–Crippen MR) is 66.2 cm³/mol. The van der Waals surface area contributed by atoms with Crippen LogP contribution >= 0.6 is 11.8 Å². The third kappa shape index (κ3) is 4.55. The molecule has 0 saturated carbocycles. The molecule has 4 N–H and O–H groups in total. The van der Waals surface area contributed by atoms with E-state index >= 15 is 0 Å². The second kappa shape index (κ2) is 6.71. The minimum absolute atomic E-state index is 0.589. The van der Waals surface area contributed by atoms with Crippen LogP contribution in [0.25, 0.3) is 0 Å². The van der Waals surface area contributed by atoms with Crippen molar-refractivity contribution in [2.45, 2.75) is 11.8 Å². The van der Waals surface area contributed by atoms with Crippen LogP contribution in [0.1, 0.15) is 5.56 Å². The Balaban J connectivity index is 2.28. The van der Waals surface area contributed by atoms with E-state index in [1.807, 2.05) is 19.1 Å². The summed E-state index contributed by atoms with van der Waals surface area (Å²) in [6.45, 7) is 3.99. The Labute approximate surface area is 95.2 Å². The maximum Gasteiger partial charge on any atom is 0.0589 e. The fourth-order valence-corrected chi connectivity index (χ4v) is 2.00. The number of anilines is 1. The highest BCUT2D eigenvalue weighted by Gasteiger charge is 1.97. The summed E-state index contributed by atoms with van der Waals surface area (Å²) in [4.78, 5) is 1.23. The molecule has 0 aliphatic heterocycles. The van der Waals surface area contributed by atoms with Crippen LogP contribution in [0, 0.1) is 6.92 Å². The Morgan fingerprint density at radius 1 is 1.33 bits per heavy atom. The van der Waals surface area contributed by atoms with Crippen LogP contribution in [0.4, 0.5) is 5.69 Å². The first-order valence-electron chi connectivity index (χ1n) is 5.01.